The maximum absolute atomic E-state index is 6.42. The molecule has 1 aromatic carbocycles. The molecule has 3 N–H and O–H groups in total. The van der Waals surface area contributed by atoms with Gasteiger partial charge >= 0.3 is 0 Å². The van der Waals surface area contributed by atoms with E-state index in [0.29, 0.717) is 12.0 Å². The maximum atomic E-state index is 6.42. The van der Waals surface area contributed by atoms with Crippen molar-refractivity contribution in [2.45, 2.75) is 42.7 Å². The lowest BCUT2D eigenvalue weighted by molar-refractivity contribution is 0.267. The van der Waals surface area contributed by atoms with E-state index < -0.39 is 0 Å². The second kappa shape index (κ2) is 6.60. The highest BCUT2D eigenvalue weighted by Gasteiger charge is 2.25. The minimum Gasteiger partial charge on any atom is -0.324 e. The average molecular weight is 264 g/mol. The van der Waals surface area contributed by atoms with Gasteiger partial charge in [-0.25, -0.2) is 0 Å². The van der Waals surface area contributed by atoms with Crippen molar-refractivity contribution >= 4 is 11.8 Å². The monoisotopic (exact) mass is 264 g/mol. The molecule has 2 nitrogen and oxygen atoms in total. The fourth-order valence-electron chi connectivity index (χ4n) is 2.87. The standard InChI is InChI=1S/C15H24N2S/c1-17-13-7-3-11(4-8-13)15(16)12-5-9-14(18-2)10-6-12/h5-6,9-11,13,15,17H,3-4,7-8,16H2,1-2H3. The molecule has 1 atom stereocenters. The predicted octanol–water partition coefficient (Wildman–Crippen LogP) is 3.19. The van der Waals surface area contributed by atoms with Gasteiger partial charge < -0.3 is 11.1 Å². The molecule has 3 heteroatoms. The second-order valence-corrected chi connectivity index (χ2v) is 6.08. The van der Waals surface area contributed by atoms with E-state index in [2.05, 4.69) is 42.9 Å². The van der Waals surface area contributed by atoms with E-state index in [9.17, 15) is 0 Å². The van der Waals surface area contributed by atoms with Crippen molar-refractivity contribution in [2.24, 2.45) is 11.7 Å². The van der Waals surface area contributed by atoms with E-state index >= 15 is 0 Å². The van der Waals surface area contributed by atoms with Gasteiger partial charge in [0.2, 0.25) is 0 Å². The van der Waals surface area contributed by atoms with Gasteiger partial charge in [-0.05, 0) is 62.6 Å². The van der Waals surface area contributed by atoms with Crippen LogP contribution in [0, 0.1) is 5.92 Å². The third-order valence-corrected chi connectivity index (χ3v) is 4.93. The van der Waals surface area contributed by atoms with Crippen molar-refractivity contribution in [1.82, 2.24) is 5.32 Å². The molecule has 18 heavy (non-hydrogen) atoms. The second-order valence-electron chi connectivity index (χ2n) is 5.20. The van der Waals surface area contributed by atoms with Gasteiger partial charge in [0.15, 0.2) is 0 Å². The Hall–Kier alpha value is -0.510. The van der Waals surface area contributed by atoms with Gasteiger partial charge in [-0.2, -0.15) is 0 Å². The van der Waals surface area contributed by atoms with Gasteiger partial charge in [-0.3, -0.25) is 0 Å². The summed E-state index contributed by atoms with van der Waals surface area (Å²) in [5.74, 6) is 0.648. The summed E-state index contributed by atoms with van der Waals surface area (Å²) >= 11 is 1.78. The molecule has 0 spiro atoms. The Morgan fingerprint density at radius 2 is 1.78 bits per heavy atom. The molecule has 100 valence electrons. The van der Waals surface area contributed by atoms with E-state index in [1.54, 1.807) is 11.8 Å². The van der Waals surface area contributed by atoms with E-state index in [4.69, 9.17) is 5.73 Å². The van der Waals surface area contributed by atoms with Gasteiger partial charge in [0, 0.05) is 17.0 Å². The van der Waals surface area contributed by atoms with Crippen LogP contribution >= 0.6 is 11.8 Å². The highest BCUT2D eigenvalue weighted by molar-refractivity contribution is 7.98. The first-order valence-corrected chi connectivity index (χ1v) is 8.04. The fourth-order valence-corrected chi connectivity index (χ4v) is 3.27. The molecular formula is C15H24N2S. The normalized spacial score (nSPS) is 25.9. The topological polar surface area (TPSA) is 38.0 Å². The highest BCUT2D eigenvalue weighted by atomic mass is 32.2. The van der Waals surface area contributed by atoms with Gasteiger partial charge in [0.1, 0.15) is 0 Å². The molecule has 2 rings (SSSR count). The molecule has 1 saturated carbocycles. The molecular weight excluding hydrogens is 240 g/mol. The fraction of sp³-hybridized carbons (Fsp3) is 0.600. The van der Waals surface area contributed by atoms with Crippen molar-refractivity contribution in [3.05, 3.63) is 29.8 Å². The molecule has 0 amide bonds. The minimum absolute atomic E-state index is 0.207. The first-order chi connectivity index (χ1) is 8.74. The molecule has 1 aliphatic rings. The summed E-state index contributed by atoms with van der Waals surface area (Å²) in [6.45, 7) is 0. The van der Waals surface area contributed by atoms with Crippen molar-refractivity contribution in [1.29, 1.82) is 0 Å². The Kier molecular flexibility index (Phi) is 5.10. The largest absolute Gasteiger partial charge is 0.324 e. The zero-order valence-corrected chi connectivity index (χ0v) is 12.2. The summed E-state index contributed by atoms with van der Waals surface area (Å²) < 4.78 is 0. The smallest absolute Gasteiger partial charge is 0.0323 e. The molecule has 1 unspecified atom stereocenters. The zero-order chi connectivity index (χ0) is 13.0. The van der Waals surface area contributed by atoms with Crippen LogP contribution in [-0.2, 0) is 0 Å². The van der Waals surface area contributed by atoms with E-state index in [1.165, 1.54) is 36.1 Å². The lowest BCUT2D eigenvalue weighted by Gasteiger charge is -2.32. The highest BCUT2D eigenvalue weighted by Crippen LogP contribution is 2.33. The Labute approximate surface area is 115 Å². The summed E-state index contributed by atoms with van der Waals surface area (Å²) in [5.41, 5.74) is 7.71. The van der Waals surface area contributed by atoms with Crippen LogP contribution in [0.3, 0.4) is 0 Å². The number of benzene rings is 1. The molecule has 0 heterocycles. The Morgan fingerprint density at radius 3 is 2.28 bits per heavy atom. The maximum Gasteiger partial charge on any atom is 0.0323 e. The average Bonchev–Trinajstić information content (AvgIpc) is 2.47. The van der Waals surface area contributed by atoms with Crippen LogP contribution in [0.15, 0.2) is 29.2 Å². The molecule has 0 bridgehead atoms. The van der Waals surface area contributed by atoms with Crippen LogP contribution in [0.2, 0.25) is 0 Å². The van der Waals surface area contributed by atoms with Crippen LogP contribution in [0.5, 0.6) is 0 Å². The SMILES string of the molecule is CNC1CCC(C(N)c2ccc(SC)cc2)CC1. The van der Waals surface area contributed by atoms with Gasteiger partial charge in [0.25, 0.3) is 0 Å². The molecule has 0 saturated heterocycles. The third kappa shape index (κ3) is 3.28. The summed E-state index contributed by atoms with van der Waals surface area (Å²) in [6.07, 6.45) is 7.12. The Bertz CT molecular complexity index is 355. The van der Waals surface area contributed by atoms with Gasteiger partial charge in [-0.1, -0.05) is 12.1 Å². The Morgan fingerprint density at radius 1 is 1.17 bits per heavy atom. The lowest BCUT2D eigenvalue weighted by Crippen LogP contribution is -2.33. The minimum atomic E-state index is 0.207. The third-order valence-electron chi connectivity index (χ3n) is 4.19. The predicted molar refractivity (Wildman–Crippen MR) is 80.0 cm³/mol. The quantitative estimate of drug-likeness (QED) is 0.820. The van der Waals surface area contributed by atoms with Crippen LogP contribution in [0.1, 0.15) is 37.3 Å². The number of thioether (sulfide) groups is 1. The summed E-state index contributed by atoms with van der Waals surface area (Å²) in [4.78, 5) is 1.31. The Balaban J connectivity index is 1.96. The van der Waals surface area contributed by atoms with Crippen LogP contribution in [-0.4, -0.2) is 19.3 Å². The molecule has 1 aliphatic carbocycles. The summed E-state index contributed by atoms with van der Waals surface area (Å²) in [7, 11) is 2.06. The molecule has 1 fully saturated rings. The van der Waals surface area contributed by atoms with Crippen LogP contribution in [0.25, 0.3) is 0 Å². The van der Waals surface area contributed by atoms with Crippen LogP contribution in [0.4, 0.5) is 0 Å². The van der Waals surface area contributed by atoms with E-state index in [0.717, 1.165) is 0 Å². The van der Waals surface area contributed by atoms with Crippen molar-refractivity contribution < 1.29 is 0 Å². The van der Waals surface area contributed by atoms with Crippen molar-refractivity contribution in [3.8, 4) is 0 Å². The first-order valence-electron chi connectivity index (χ1n) is 6.81. The van der Waals surface area contributed by atoms with Crippen molar-refractivity contribution in [3.63, 3.8) is 0 Å². The number of hydrogen-bond donors (Lipinski definition) is 2. The zero-order valence-electron chi connectivity index (χ0n) is 11.4. The number of hydrogen-bond acceptors (Lipinski definition) is 3. The molecule has 1 aromatic rings. The van der Waals surface area contributed by atoms with E-state index in [-0.39, 0.29) is 6.04 Å². The van der Waals surface area contributed by atoms with Crippen LogP contribution < -0.4 is 11.1 Å². The number of rotatable bonds is 4. The van der Waals surface area contributed by atoms with Gasteiger partial charge in [-0.15, -0.1) is 11.8 Å². The summed E-state index contributed by atoms with van der Waals surface area (Å²) in [5, 5.41) is 3.37. The molecule has 0 aliphatic heterocycles. The number of nitrogens with two attached hydrogens (primary N) is 1. The van der Waals surface area contributed by atoms with Gasteiger partial charge in [0.05, 0.1) is 0 Å². The summed E-state index contributed by atoms with van der Waals surface area (Å²) in [6, 6.07) is 9.66. The number of nitrogens with one attached hydrogen (secondary N) is 1. The lowest BCUT2D eigenvalue weighted by atomic mass is 9.79. The molecule has 0 aromatic heterocycles. The van der Waals surface area contributed by atoms with E-state index in [1.807, 2.05) is 0 Å². The van der Waals surface area contributed by atoms with Crippen molar-refractivity contribution in [2.75, 3.05) is 13.3 Å². The molecule has 0 radical (unpaired) electrons. The first kappa shape index (κ1) is 13.9.